The minimum absolute atomic E-state index is 0.0290. The molecular formula is C12H16N2O2. The maximum Gasteiger partial charge on any atom is 0.256 e. The number of phenols is 1. The van der Waals surface area contributed by atoms with Crippen molar-refractivity contribution in [3.8, 4) is 5.75 Å². The predicted molar refractivity (Wildman–Crippen MR) is 64.3 cm³/mol. The smallest absolute Gasteiger partial charge is 0.256 e. The predicted octanol–water partition coefficient (Wildman–Crippen LogP) is 1.62. The lowest BCUT2D eigenvalue weighted by Crippen LogP contribution is -2.28. The van der Waals surface area contributed by atoms with Gasteiger partial charge in [-0.05, 0) is 25.1 Å². The number of hydrogen-bond acceptors (Lipinski definition) is 3. The molecule has 4 nitrogen and oxygen atoms in total. The van der Waals surface area contributed by atoms with Gasteiger partial charge in [-0.2, -0.15) is 0 Å². The molecule has 16 heavy (non-hydrogen) atoms. The van der Waals surface area contributed by atoms with Gasteiger partial charge in [0.2, 0.25) is 0 Å². The molecule has 0 aliphatic heterocycles. The summed E-state index contributed by atoms with van der Waals surface area (Å²) in [5.74, 6) is -0.197. The summed E-state index contributed by atoms with van der Waals surface area (Å²) in [5.41, 5.74) is 7.23. The number of aromatic hydroxyl groups is 1. The van der Waals surface area contributed by atoms with Crippen molar-refractivity contribution in [1.82, 2.24) is 4.90 Å². The number of benzene rings is 1. The Kier molecular flexibility index (Phi) is 3.55. The standard InChI is InChI=1S/C12H16N2O2/c1-8(2)7-14(3)12(16)10-6-9(15)4-5-11(10)13/h4-6,15H,1,7,13H2,2-3H3. The molecule has 0 heterocycles. The molecule has 1 aromatic rings. The fourth-order valence-corrected chi connectivity index (χ4v) is 1.41. The number of nitrogens with zero attached hydrogens (tertiary/aromatic N) is 1. The van der Waals surface area contributed by atoms with Gasteiger partial charge >= 0.3 is 0 Å². The van der Waals surface area contributed by atoms with Gasteiger partial charge in [0.1, 0.15) is 5.75 Å². The molecular weight excluding hydrogens is 204 g/mol. The summed E-state index contributed by atoms with van der Waals surface area (Å²) in [6, 6.07) is 4.33. The number of carbonyl (C=O) groups is 1. The molecule has 1 rings (SSSR count). The molecule has 0 aliphatic rings. The average Bonchev–Trinajstić information content (AvgIpc) is 2.19. The van der Waals surface area contributed by atoms with Crippen LogP contribution in [0.2, 0.25) is 0 Å². The second-order valence-corrected chi connectivity index (χ2v) is 3.89. The van der Waals surface area contributed by atoms with Crippen LogP contribution in [-0.2, 0) is 0 Å². The van der Waals surface area contributed by atoms with E-state index in [0.717, 1.165) is 5.57 Å². The maximum absolute atomic E-state index is 11.9. The highest BCUT2D eigenvalue weighted by molar-refractivity contribution is 5.99. The van der Waals surface area contributed by atoms with Gasteiger partial charge in [-0.15, -0.1) is 0 Å². The van der Waals surface area contributed by atoms with Crippen LogP contribution < -0.4 is 5.73 Å². The normalized spacial score (nSPS) is 9.88. The third-order valence-corrected chi connectivity index (χ3v) is 2.12. The molecule has 0 radical (unpaired) electrons. The first kappa shape index (κ1) is 12.1. The van der Waals surface area contributed by atoms with Crippen LogP contribution >= 0.6 is 0 Å². The number of nitrogens with two attached hydrogens (primary N) is 1. The first-order valence-electron chi connectivity index (χ1n) is 4.90. The third kappa shape index (κ3) is 2.76. The highest BCUT2D eigenvalue weighted by Crippen LogP contribution is 2.19. The Labute approximate surface area is 95.0 Å². The summed E-state index contributed by atoms with van der Waals surface area (Å²) < 4.78 is 0. The van der Waals surface area contributed by atoms with Crippen molar-refractivity contribution < 1.29 is 9.90 Å². The zero-order valence-corrected chi connectivity index (χ0v) is 9.53. The number of anilines is 1. The van der Waals surface area contributed by atoms with E-state index in [1.165, 1.54) is 23.1 Å². The van der Waals surface area contributed by atoms with Gasteiger partial charge in [0, 0.05) is 19.3 Å². The molecule has 1 aromatic carbocycles. The third-order valence-electron chi connectivity index (χ3n) is 2.12. The fraction of sp³-hybridized carbons (Fsp3) is 0.250. The molecule has 0 bridgehead atoms. The first-order chi connectivity index (χ1) is 7.41. The zero-order valence-electron chi connectivity index (χ0n) is 9.53. The van der Waals surface area contributed by atoms with Crippen LogP contribution in [-0.4, -0.2) is 29.5 Å². The van der Waals surface area contributed by atoms with Gasteiger partial charge in [-0.25, -0.2) is 0 Å². The number of rotatable bonds is 3. The van der Waals surface area contributed by atoms with E-state index in [9.17, 15) is 9.90 Å². The van der Waals surface area contributed by atoms with Crippen LogP contribution in [0.3, 0.4) is 0 Å². The van der Waals surface area contributed by atoms with Crippen LogP contribution in [0.25, 0.3) is 0 Å². The Morgan fingerprint density at radius 3 is 2.75 bits per heavy atom. The Hall–Kier alpha value is -1.97. The van der Waals surface area contributed by atoms with E-state index >= 15 is 0 Å². The van der Waals surface area contributed by atoms with Crippen molar-refractivity contribution in [2.45, 2.75) is 6.92 Å². The van der Waals surface area contributed by atoms with Crippen LogP contribution in [0.4, 0.5) is 5.69 Å². The van der Waals surface area contributed by atoms with E-state index in [2.05, 4.69) is 6.58 Å². The minimum Gasteiger partial charge on any atom is -0.508 e. The highest BCUT2D eigenvalue weighted by atomic mass is 16.3. The molecule has 86 valence electrons. The Bertz CT molecular complexity index is 427. The summed E-state index contributed by atoms with van der Waals surface area (Å²) in [6.07, 6.45) is 0. The molecule has 0 aliphatic carbocycles. The quantitative estimate of drug-likeness (QED) is 0.462. The summed E-state index contributed by atoms with van der Waals surface area (Å²) >= 11 is 0. The van der Waals surface area contributed by atoms with Gasteiger partial charge in [-0.3, -0.25) is 4.79 Å². The van der Waals surface area contributed by atoms with Crippen LogP contribution in [0.15, 0.2) is 30.4 Å². The fourth-order valence-electron chi connectivity index (χ4n) is 1.41. The van der Waals surface area contributed by atoms with Gasteiger partial charge in [-0.1, -0.05) is 12.2 Å². The first-order valence-corrected chi connectivity index (χ1v) is 4.90. The second-order valence-electron chi connectivity index (χ2n) is 3.89. The number of nitrogen functional groups attached to an aromatic ring is 1. The van der Waals surface area contributed by atoms with Gasteiger partial charge < -0.3 is 15.7 Å². The molecule has 3 N–H and O–H groups in total. The highest BCUT2D eigenvalue weighted by Gasteiger charge is 2.15. The van der Waals surface area contributed by atoms with Crippen molar-refractivity contribution in [2.24, 2.45) is 0 Å². The Balaban J connectivity index is 2.95. The molecule has 0 fully saturated rings. The molecule has 0 spiro atoms. The molecule has 0 saturated heterocycles. The van der Waals surface area contributed by atoms with Gasteiger partial charge in [0.05, 0.1) is 5.56 Å². The van der Waals surface area contributed by atoms with E-state index < -0.39 is 0 Å². The number of phenolic OH excluding ortho intramolecular Hbond substituents is 1. The maximum atomic E-state index is 11.9. The lowest BCUT2D eigenvalue weighted by Gasteiger charge is -2.18. The monoisotopic (exact) mass is 220 g/mol. The van der Waals surface area contributed by atoms with Crippen LogP contribution in [0.5, 0.6) is 5.75 Å². The van der Waals surface area contributed by atoms with Crippen molar-refractivity contribution in [1.29, 1.82) is 0 Å². The topological polar surface area (TPSA) is 66.6 Å². The van der Waals surface area contributed by atoms with Crippen molar-refractivity contribution in [2.75, 3.05) is 19.3 Å². The number of carbonyl (C=O) groups excluding carboxylic acids is 1. The molecule has 0 unspecified atom stereocenters. The minimum atomic E-state index is -0.226. The van der Waals surface area contributed by atoms with Gasteiger partial charge in [0.25, 0.3) is 5.91 Å². The lowest BCUT2D eigenvalue weighted by atomic mass is 10.1. The van der Waals surface area contributed by atoms with Crippen molar-refractivity contribution in [3.05, 3.63) is 35.9 Å². The van der Waals surface area contributed by atoms with Crippen LogP contribution in [0, 0.1) is 0 Å². The van der Waals surface area contributed by atoms with Crippen molar-refractivity contribution in [3.63, 3.8) is 0 Å². The average molecular weight is 220 g/mol. The Morgan fingerprint density at radius 2 is 2.19 bits per heavy atom. The molecule has 1 amide bonds. The molecule has 0 saturated carbocycles. The number of hydrogen-bond donors (Lipinski definition) is 2. The van der Waals surface area contributed by atoms with E-state index in [4.69, 9.17) is 5.73 Å². The van der Waals surface area contributed by atoms with E-state index in [1.54, 1.807) is 7.05 Å². The molecule has 4 heteroatoms. The summed E-state index contributed by atoms with van der Waals surface area (Å²) in [6.45, 7) is 6.05. The number of amides is 1. The Morgan fingerprint density at radius 1 is 1.56 bits per heavy atom. The number of likely N-dealkylation sites (N-methyl/N-ethyl adjacent to an activating group) is 1. The summed E-state index contributed by atoms with van der Waals surface area (Å²) in [5, 5.41) is 9.31. The van der Waals surface area contributed by atoms with E-state index in [-0.39, 0.29) is 11.7 Å². The van der Waals surface area contributed by atoms with E-state index in [0.29, 0.717) is 17.8 Å². The largest absolute Gasteiger partial charge is 0.508 e. The van der Waals surface area contributed by atoms with Crippen molar-refractivity contribution >= 4 is 11.6 Å². The summed E-state index contributed by atoms with van der Waals surface area (Å²) in [7, 11) is 1.67. The van der Waals surface area contributed by atoms with Crippen LogP contribution in [0.1, 0.15) is 17.3 Å². The SMILES string of the molecule is C=C(C)CN(C)C(=O)c1cc(O)ccc1N. The zero-order chi connectivity index (χ0) is 12.3. The molecule has 0 atom stereocenters. The summed E-state index contributed by atoms with van der Waals surface area (Å²) in [4.78, 5) is 13.5. The second kappa shape index (κ2) is 4.70. The molecule has 0 aromatic heterocycles. The van der Waals surface area contributed by atoms with E-state index in [1.807, 2.05) is 6.92 Å². The lowest BCUT2D eigenvalue weighted by molar-refractivity contribution is 0.0807. The van der Waals surface area contributed by atoms with Gasteiger partial charge in [0.15, 0.2) is 0 Å².